The number of hydrogen-bond acceptors (Lipinski definition) is 3. The summed E-state index contributed by atoms with van der Waals surface area (Å²) < 4.78 is 12.8. The number of halogens is 1. The van der Waals surface area contributed by atoms with E-state index in [1.807, 2.05) is 0 Å². The number of phenols is 1. The molecule has 5 nitrogen and oxygen atoms in total. The summed E-state index contributed by atoms with van der Waals surface area (Å²) in [5.41, 5.74) is -0.0387. The summed E-state index contributed by atoms with van der Waals surface area (Å²) in [6, 6.07) is 3.11. The number of nitrogens with one attached hydrogen (secondary N) is 1. The van der Waals surface area contributed by atoms with Gasteiger partial charge in [-0.1, -0.05) is 0 Å². The normalized spacial score (nSPS) is 9.94. The Morgan fingerprint density at radius 3 is 2.67 bits per heavy atom. The third kappa shape index (κ3) is 3.44. The minimum absolute atomic E-state index is 0.0387. The van der Waals surface area contributed by atoms with Gasteiger partial charge in [-0.3, -0.25) is 9.59 Å². The van der Waals surface area contributed by atoms with Gasteiger partial charge in [-0.15, -0.1) is 0 Å². The molecule has 0 heterocycles. The van der Waals surface area contributed by atoms with Crippen LogP contribution in [0.1, 0.15) is 17.3 Å². The van der Waals surface area contributed by atoms with Crippen molar-refractivity contribution in [1.29, 1.82) is 0 Å². The van der Waals surface area contributed by atoms with E-state index in [9.17, 15) is 19.1 Å². The molecule has 1 rings (SSSR count). The van der Waals surface area contributed by atoms with Crippen LogP contribution in [0.2, 0.25) is 0 Å². The lowest BCUT2D eigenvalue weighted by Gasteiger charge is -2.17. The number of rotatable bonds is 4. The number of nitrogens with zero attached hydrogens (tertiary/aromatic N) is 1. The Kier molecular flexibility index (Phi) is 4.65. The SMILES string of the molecule is CCNC(=O)CN(C)C(=O)c1ccc(F)cc1O. The summed E-state index contributed by atoms with van der Waals surface area (Å²) in [6.45, 7) is 2.12. The predicted molar refractivity (Wildman–Crippen MR) is 63.7 cm³/mol. The van der Waals surface area contributed by atoms with E-state index >= 15 is 0 Å². The number of amides is 2. The van der Waals surface area contributed by atoms with Crippen LogP contribution >= 0.6 is 0 Å². The van der Waals surface area contributed by atoms with Gasteiger partial charge in [0.2, 0.25) is 5.91 Å². The van der Waals surface area contributed by atoms with E-state index in [-0.39, 0.29) is 18.0 Å². The second kappa shape index (κ2) is 6.00. The van der Waals surface area contributed by atoms with Crippen molar-refractivity contribution < 1.29 is 19.1 Å². The standard InChI is InChI=1S/C12H15FN2O3/c1-3-14-11(17)7-15(2)12(18)9-5-4-8(13)6-10(9)16/h4-6,16H,3,7H2,1-2H3,(H,14,17). The third-order valence-corrected chi connectivity index (χ3v) is 2.29. The first-order valence-electron chi connectivity index (χ1n) is 5.46. The Bertz CT molecular complexity index is 463. The Morgan fingerprint density at radius 2 is 2.11 bits per heavy atom. The van der Waals surface area contributed by atoms with Gasteiger partial charge in [-0.25, -0.2) is 4.39 Å². The quantitative estimate of drug-likeness (QED) is 0.832. The van der Waals surface area contributed by atoms with Crippen molar-refractivity contribution in [2.45, 2.75) is 6.92 Å². The highest BCUT2D eigenvalue weighted by molar-refractivity contribution is 5.98. The molecule has 2 N–H and O–H groups in total. The van der Waals surface area contributed by atoms with Gasteiger partial charge >= 0.3 is 0 Å². The average molecular weight is 254 g/mol. The molecule has 0 unspecified atom stereocenters. The summed E-state index contributed by atoms with van der Waals surface area (Å²) in [4.78, 5) is 24.3. The van der Waals surface area contributed by atoms with Gasteiger partial charge in [0.15, 0.2) is 0 Å². The number of carbonyl (C=O) groups excluding carboxylic acids is 2. The fraction of sp³-hybridized carbons (Fsp3) is 0.333. The van der Waals surface area contributed by atoms with Gasteiger partial charge in [-0.2, -0.15) is 0 Å². The number of carbonyl (C=O) groups is 2. The molecule has 0 spiro atoms. The van der Waals surface area contributed by atoms with Crippen molar-refractivity contribution in [3.8, 4) is 5.75 Å². The Labute approximate surface area is 104 Å². The Morgan fingerprint density at radius 1 is 1.44 bits per heavy atom. The zero-order valence-electron chi connectivity index (χ0n) is 10.2. The van der Waals surface area contributed by atoms with Gasteiger partial charge in [0.25, 0.3) is 5.91 Å². The van der Waals surface area contributed by atoms with E-state index in [0.29, 0.717) is 6.54 Å². The van der Waals surface area contributed by atoms with Gasteiger partial charge in [-0.05, 0) is 19.1 Å². The fourth-order valence-corrected chi connectivity index (χ4v) is 1.43. The molecule has 0 atom stereocenters. The first kappa shape index (κ1) is 14.0. The van der Waals surface area contributed by atoms with Crippen molar-refractivity contribution in [2.24, 2.45) is 0 Å². The molecule has 18 heavy (non-hydrogen) atoms. The largest absolute Gasteiger partial charge is 0.507 e. The van der Waals surface area contributed by atoms with E-state index in [4.69, 9.17) is 0 Å². The highest BCUT2D eigenvalue weighted by Crippen LogP contribution is 2.19. The molecule has 98 valence electrons. The molecule has 1 aromatic carbocycles. The molecule has 0 fully saturated rings. The van der Waals surface area contributed by atoms with Crippen LogP contribution in [0, 0.1) is 5.82 Å². The first-order chi connectivity index (χ1) is 8.45. The highest BCUT2D eigenvalue weighted by atomic mass is 19.1. The second-order valence-electron chi connectivity index (χ2n) is 3.78. The topological polar surface area (TPSA) is 69.6 Å². The van der Waals surface area contributed by atoms with E-state index in [1.165, 1.54) is 13.1 Å². The molecule has 0 saturated heterocycles. The lowest BCUT2D eigenvalue weighted by Crippen LogP contribution is -2.38. The molecule has 0 aliphatic heterocycles. The Balaban J connectivity index is 2.77. The van der Waals surface area contributed by atoms with Crippen molar-refractivity contribution in [1.82, 2.24) is 10.2 Å². The number of benzene rings is 1. The second-order valence-corrected chi connectivity index (χ2v) is 3.78. The van der Waals surface area contributed by atoms with Crippen molar-refractivity contribution in [3.63, 3.8) is 0 Å². The number of likely N-dealkylation sites (N-methyl/N-ethyl adjacent to an activating group) is 2. The van der Waals surface area contributed by atoms with Gasteiger partial charge in [0, 0.05) is 19.7 Å². The van der Waals surface area contributed by atoms with Crippen LogP contribution in [0.4, 0.5) is 4.39 Å². The number of phenolic OH excluding ortho intramolecular Hbond substituents is 1. The maximum atomic E-state index is 12.8. The average Bonchev–Trinajstić information content (AvgIpc) is 2.28. The summed E-state index contributed by atoms with van der Waals surface area (Å²) in [5, 5.41) is 12.0. The molecule has 0 aliphatic carbocycles. The lowest BCUT2D eigenvalue weighted by molar-refractivity contribution is -0.121. The van der Waals surface area contributed by atoms with Crippen LogP contribution in [0.15, 0.2) is 18.2 Å². The molecule has 0 saturated carbocycles. The van der Waals surface area contributed by atoms with Gasteiger partial charge in [0.1, 0.15) is 11.6 Å². The van der Waals surface area contributed by atoms with E-state index in [0.717, 1.165) is 17.0 Å². The molecular formula is C12H15FN2O3. The van der Waals surface area contributed by atoms with Gasteiger partial charge in [0.05, 0.1) is 12.1 Å². The molecular weight excluding hydrogens is 239 g/mol. The molecule has 0 bridgehead atoms. The minimum atomic E-state index is -0.629. The predicted octanol–water partition coefficient (Wildman–Crippen LogP) is 0.739. The van der Waals surface area contributed by atoms with Crippen LogP contribution in [0.3, 0.4) is 0 Å². The summed E-state index contributed by atoms with van der Waals surface area (Å²) in [6.07, 6.45) is 0. The molecule has 0 aromatic heterocycles. The molecule has 2 amide bonds. The van der Waals surface area contributed by atoms with Crippen LogP contribution in [-0.4, -0.2) is 42.0 Å². The van der Waals surface area contributed by atoms with Crippen LogP contribution < -0.4 is 5.32 Å². The number of hydrogen-bond donors (Lipinski definition) is 2. The number of aromatic hydroxyl groups is 1. The zero-order valence-corrected chi connectivity index (χ0v) is 10.2. The minimum Gasteiger partial charge on any atom is -0.507 e. The molecule has 0 radical (unpaired) electrons. The fourth-order valence-electron chi connectivity index (χ4n) is 1.43. The highest BCUT2D eigenvalue weighted by Gasteiger charge is 2.18. The van der Waals surface area contributed by atoms with Gasteiger partial charge < -0.3 is 15.3 Å². The zero-order chi connectivity index (χ0) is 13.7. The first-order valence-corrected chi connectivity index (χ1v) is 5.46. The summed E-state index contributed by atoms with van der Waals surface area (Å²) in [7, 11) is 1.43. The van der Waals surface area contributed by atoms with Crippen molar-refractivity contribution in [2.75, 3.05) is 20.1 Å². The molecule has 6 heteroatoms. The van der Waals surface area contributed by atoms with E-state index in [2.05, 4.69) is 5.32 Å². The van der Waals surface area contributed by atoms with Crippen LogP contribution in [0.5, 0.6) is 5.75 Å². The Hall–Kier alpha value is -2.11. The maximum absolute atomic E-state index is 12.8. The van der Waals surface area contributed by atoms with Crippen LogP contribution in [0.25, 0.3) is 0 Å². The maximum Gasteiger partial charge on any atom is 0.257 e. The molecule has 0 aliphatic rings. The monoisotopic (exact) mass is 254 g/mol. The van der Waals surface area contributed by atoms with E-state index < -0.39 is 17.5 Å². The smallest absolute Gasteiger partial charge is 0.257 e. The van der Waals surface area contributed by atoms with Crippen LogP contribution in [-0.2, 0) is 4.79 Å². The summed E-state index contributed by atoms with van der Waals surface area (Å²) >= 11 is 0. The molecule has 1 aromatic rings. The van der Waals surface area contributed by atoms with Crippen molar-refractivity contribution >= 4 is 11.8 Å². The summed E-state index contributed by atoms with van der Waals surface area (Å²) in [5.74, 6) is -1.91. The van der Waals surface area contributed by atoms with Crippen molar-refractivity contribution in [3.05, 3.63) is 29.6 Å². The van der Waals surface area contributed by atoms with E-state index in [1.54, 1.807) is 6.92 Å². The third-order valence-electron chi connectivity index (χ3n) is 2.29. The lowest BCUT2D eigenvalue weighted by atomic mass is 10.1.